The molecule has 3 heterocycles. The number of hydrogen-bond donors (Lipinski definition) is 1. The largest absolute Gasteiger partial charge is 0.376 e. The van der Waals surface area contributed by atoms with Crippen LogP contribution in [0, 0.1) is 6.92 Å². The van der Waals surface area contributed by atoms with Gasteiger partial charge in [0, 0.05) is 30.3 Å². The minimum Gasteiger partial charge on any atom is -0.376 e. The SMILES string of the molecule is CCCC(c1nnnn1CC1CCCO1)N(Cc1cc2cc(C)ccc2[nH]c1=O)C1CCCC1. The zero-order valence-corrected chi connectivity index (χ0v) is 20.4. The van der Waals surface area contributed by atoms with Gasteiger partial charge in [0.15, 0.2) is 5.82 Å². The molecule has 2 atom stereocenters. The number of nitrogens with one attached hydrogen (secondary N) is 1. The molecule has 1 aliphatic carbocycles. The van der Waals surface area contributed by atoms with E-state index in [0.29, 0.717) is 19.1 Å². The first-order valence-electron chi connectivity index (χ1n) is 12.9. The summed E-state index contributed by atoms with van der Waals surface area (Å²) in [6.07, 6.45) is 9.06. The van der Waals surface area contributed by atoms with E-state index in [4.69, 9.17) is 4.74 Å². The van der Waals surface area contributed by atoms with Gasteiger partial charge < -0.3 is 9.72 Å². The molecule has 1 saturated carbocycles. The van der Waals surface area contributed by atoms with Crippen molar-refractivity contribution >= 4 is 10.9 Å². The minimum atomic E-state index is -0.00598. The highest BCUT2D eigenvalue weighted by atomic mass is 16.5. The van der Waals surface area contributed by atoms with Crippen LogP contribution in [0.3, 0.4) is 0 Å². The molecule has 2 aromatic heterocycles. The molecule has 3 aromatic rings. The average molecular weight is 465 g/mol. The van der Waals surface area contributed by atoms with E-state index >= 15 is 0 Å². The Morgan fingerprint density at radius 2 is 2.06 bits per heavy atom. The lowest BCUT2D eigenvalue weighted by Crippen LogP contribution is -2.39. The summed E-state index contributed by atoms with van der Waals surface area (Å²) in [6, 6.07) is 8.73. The Kier molecular flexibility index (Phi) is 7.06. The summed E-state index contributed by atoms with van der Waals surface area (Å²) in [4.78, 5) is 18.7. The van der Waals surface area contributed by atoms with Crippen LogP contribution in [-0.2, 0) is 17.8 Å². The molecule has 8 nitrogen and oxygen atoms in total. The Morgan fingerprint density at radius 1 is 1.21 bits per heavy atom. The molecule has 2 aliphatic rings. The molecule has 182 valence electrons. The van der Waals surface area contributed by atoms with Gasteiger partial charge in [0.25, 0.3) is 5.56 Å². The van der Waals surface area contributed by atoms with Crippen molar-refractivity contribution in [2.24, 2.45) is 0 Å². The maximum Gasteiger partial charge on any atom is 0.252 e. The molecule has 1 aliphatic heterocycles. The summed E-state index contributed by atoms with van der Waals surface area (Å²) in [7, 11) is 0. The fourth-order valence-corrected chi connectivity index (χ4v) is 5.69. The molecule has 2 fully saturated rings. The number of tetrazole rings is 1. The first-order chi connectivity index (χ1) is 16.6. The molecule has 1 aromatic carbocycles. The van der Waals surface area contributed by atoms with Gasteiger partial charge in [-0.1, -0.05) is 37.8 Å². The molecule has 34 heavy (non-hydrogen) atoms. The third-order valence-electron chi connectivity index (χ3n) is 7.44. The van der Waals surface area contributed by atoms with Gasteiger partial charge in [0.2, 0.25) is 0 Å². The molecular weight excluding hydrogens is 428 g/mol. The number of fused-ring (bicyclic) bond motifs is 1. The van der Waals surface area contributed by atoms with Crippen LogP contribution >= 0.6 is 0 Å². The van der Waals surface area contributed by atoms with E-state index < -0.39 is 0 Å². The average Bonchev–Trinajstić information content (AvgIpc) is 3.60. The van der Waals surface area contributed by atoms with E-state index in [1.165, 1.54) is 18.4 Å². The summed E-state index contributed by atoms with van der Waals surface area (Å²) in [5, 5.41) is 14.0. The molecule has 1 N–H and O–H groups in total. The zero-order valence-electron chi connectivity index (χ0n) is 20.4. The van der Waals surface area contributed by atoms with Crippen molar-refractivity contribution in [2.45, 2.75) is 96.5 Å². The van der Waals surface area contributed by atoms with E-state index in [1.807, 2.05) is 16.8 Å². The molecule has 8 heteroatoms. The van der Waals surface area contributed by atoms with Gasteiger partial charge in [-0.3, -0.25) is 9.69 Å². The number of nitrogens with zero attached hydrogens (tertiary/aromatic N) is 5. The van der Waals surface area contributed by atoms with Gasteiger partial charge in [0.05, 0.1) is 18.7 Å². The van der Waals surface area contributed by atoms with Crippen LogP contribution in [-0.4, -0.2) is 48.8 Å². The Bertz CT molecular complexity index is 1160. The Balaban J connectivity index is 1.49. The highest BCUT2D eigenvalue weighted by molar-refractivity contribution is 5.79. The van der Waals surface area contributed by atoms with Crippen LogP contribution < -0.4 is 5.56 Å². The number of hydrogen-bond acceptors (Lipinski definition) is 6. The smallest absolute Gasteiger partial charge is 0.252 e. The van der Waals surface area contributed by atoms with Gasteiger partial charge in [-0.15, -0.1) is 5.10 Å². The quantitative estimate of drug-likeness (QED) is 0.508. The van der Waals surface area contributed by atoms with Crippen LogP contribution in [0.4, 0.5) is 0 Å². The predicted molar refractivity (Wildman–Crippen MR) is 132 cm³/mol. The lowest BCUT2D eigenvalue weighted by atomic mass is 10.0. The lowest BCUT2D eigenvalue weighted by Gasteiger charge is -2.35. The number of aromatic amines is 1. The molecule has 0 bridgehead atoms. The molecule has 1 saturated heterocycles. The second kappa shape index (κ2) is 10.4. The van der Waals surface area contributed by atoms with E-state index in [9.17, 15) is 4.79 Å². The van der Waals surface area contributed by atoms with Gasteiger partial charge in [-0.05, 0) is 73.0 Å². The number of pyridine rings is 1. The fraction of sp³-hybridized carbons (Fsp3) is 0.615. The molecule has 5 rings (SSSR count). The summed E-state index contributed by atoms with van der Waals surface area (Å²) < 4.78 is 7.82. The number of benzene rings is 1. The second-order valence-corrected chi connectivity index (χ2v) is 9.98. The molecular formula is C26H36N6O2. The number of ether oxygens (including phenoxy) is 1. The van der Waals surface area contributed by atoms with Crippen LogP contribution in [0.2, 0.25) is 0 Å². The summed E-state index contributed by atoms with van der Waals surface area (Å²) in [5.41, 5.74) is 2.88. The van der Waals surface area contributed by atoms with Crippen LogP contribution in [0.15, 0.2) is 29.1 Å². The summed E-state index contributed by atoms with van der Waals surface area (Å²) in [5.74, 6) is 0.900. The van der Waals surface area contributed by atoms with E-state index in [0.717, 1.165) is 67.4 Å². The van der Waals surface area contributed by atoms with Crippen molar-refractivity contribution in [3.8, 4) is 0 Å². The molecule has 0 amide bonds. The van der Waals surface area contributed by atoms with Crippen molar-refractivity contribution in [1.29, 1.82) is 0 Å². The molecule has 2 unspecified atom stereocenters. The van der Waals surface area contributed by atoms with E-state index in [-0.39, 0.29) is 17.7 Å². The topological polar surface area (TPSA) is 88.9 Å². The minimum absolute atomic E-state index is 0.00598. The monoisotopic (exact) mass is 464 g/mol. The summed E-state index contributed by atoms with van der Waals surface area (Å²) >= 11 is 0. The van der Waals surface area contributed by atoms with E-state index in [2.05, 4.69) is 51.4 Å². The van der Waals surface area contributed by atoms with Gasteiger partial charge >= 0.3 is 0 Å². The molecule has 0 spiro atoms. The summed E-state index contributed by atoms with van der Waals surface area (Å²) in [6.45, 7) is 6.40. The van der Waals surface area contributed by atoms with Crippen LogP contribution in [0.1, 0.15) is 81.3 Å². The predicted octanol–water partition coefficient (Wildman–Crippen LogP) is 4.29. The number of aryl methyl sites for hydroxylation is 1. The third-order valence-corrected chi connectivity index (χ3v) is 7.44. The number of H-pyrrole nitrogens is 1. The third kappa shape index (κ3) is 4.93. The first-order valence-corrected chi connectivity index (χ1v) is 12.9. The number of rotatable bonds is 9. The Hall–Kier alpha value is -2.58. The van der Waals surface area contributed by atoms with E-state index in [1.54, 1.807) is 0 Å². The second-order valence-electron chi connectivity index (χ2n) is 9.98. The fourth-order valence-electron chi connectivity index (χ4n) is 5.69. The van der Waals surface area contributed by atoms with Crippen molar-refractivity contribution < 1.29 is 4.74 Å². The van der Waals surface area contributed by atoms with Crippen LogP contribution in [0.5, 0.6) is 0 Å². The van der Waals surface area contributed by atoms with Crippen molar-refractivity contribution in [3.05, 3.63) is 51.6 Å². The maximum absolute atomic E-state index is 13.1. The van der Waals surface area contributed by atoms with Gasteiger partial charge in [0.1, 0.15) is 0 Å². The van der Waals surface area contributed by atoms with Crippen molar-refractivity contribution in [1.82, 2.24) is 30.1 Å². The Morgan fingerprint density at radius 3 is 2.82 bits per heavy atom. The molecule has 0 radical (unpaired) electrons. The first kappa shape index (κ1) is 23.2. The maximum atomic E-state index is 13.1. The van der Waals surface area contributed by atoms with Crippen molar-refractivity contribution in [2.75, 3.05) is 6.61 Å². The van der Waals surface area contributed by atoms with Gasteiger partial charge in [-0.25, -0.2) is 4.68 Å². The van der Waals surface area contributed by atoms with Gasteiger partial charge in [-0.2, -0.15) is 0 Å². The Labute approximate surface area is 200 Å². The highest BCUT2D eigenvalue weighted by Gasteiger charge is 2.33. The standard InChI is InChI=1S/C26H36N6O2/c1-3-7-24(25-28-29-30-32(25)17-22-10-6-13-34-22)31(21-8-4-5-9-21)16-20-15-19-14-18(2)11-12-23(19)27-26(20)33/h11-12,14-15,21-22,24H,3-10,13,16-17H2,1-2H3,(H,27,33). The lowest BCUT2D eigenvalue weighted by molar-refractivity contribution is 0.0828. The van der Waals surface area contributed by atoms with Crippen LogP contribution in [0.25, 0.3) is 10.9 Å². The number of aromatic nitrogens is 5. The normalized spacial score (nSPS) is 20.0. The van der Waals surface area contributed by atoms with Crippen molar-refractivity contribution in [3.63, 3.8) is 0 Å². The zero-order chi connectivity index (χ0) is 23.5. The highest BCUT2D eigenvalue weighted by Crippen LogP contribution is 2.34.